The standard InChI is InChI=1S/C22H20N2O3/c1-16-12-13-20-21(23-16)27-19(15-26-18-10-6-3-7-11-18)14-24(22(20)25)17-8-4-2-5-9-17/h2-13,19H,14-15H2,1H3. The van der Waals surface area contributed by atoms with Crippen LogP contribution in [-0.4, -0.2) is 30.1 Å². The maximum absolute atomic E-state index is 13.1. The van der Waals surface area contributed by atoms with Crippen LogP contribution in [0.4, 0.5) is 5.69 Å². The molecule has 0 N–H and O–H groups in total. The summed E-state index contributed by atoms with van der Waals surface area (Å²) >= 11 is 0. The number of ether oxygens (including phenoxy) is 2. The molecule has 0 saturated carbocycles. The average molecular weight is 360 g/mol. The maximum Gasteiger partial charge on any atom is 0.263 e. The molecule has 5 nitrogen and oxygen atoms in total. The second-order valence-electron chi connectivity index (χ2n) is 6.42. The molecule has 1 aromatic heterocycles. The summed E-state index contributed by atoms with van der Waals surface area (Å²) in [5.41, 5.74) is 2.09. The molecular weight excluding hydrogens is 340 g/mol. The van der Waals surface area contributed by atoms with Gasteiger partial charge in [0.25, 0.3) is 5.91 Å². The quantitative estimate of drug-likeness (QED) is 0.709. The zero-order valence-corrected chi connectivity index (χ0v) is 15.0. The second-order valence-corrected chi connectivity index (χ2v) is 6.42. The van der Waals surface area contributed by atoms with E-state index in [0.29, 0.717) is 24.6 Å². The number of pyridine rings is 1. The Morgan fingerprint density at radius 2 is 1.74 bits per heavy atom. The highest BCUT2D eigenvalue weighted by Gasteiger charge is 2.31. The van der Waals surface area contributed by atoms with Crippen LogP contribution < -0.4 is 14.4 Å². The van der Waals surface area contributed by atoms with Gasteiger partial charge in [-0.15, -0.1) is 0 Å². The highest BCUT2D eigenvalue weighted by atomic mass is 16.5. The van der Waals surface area contributed by atoms with E-state index < -0.39 is 0 Å². The zero-order valence-electron chi connectivity index (χ0n) is 15.0. The first kappa shape index (κ1) is 17.1. The van der Waals surface area contributed by atoms with Crippen LogP contribution in [0.25, 0.3) is 0 Å². The Balaban J connectivity index is 1.65. The third-order valence-electron chi connectivity index (χ3n) is 4.39. The molecule has 4 rings (SSSR count). The Morgan fingerprint density at radius 3 is 2.48 bits per heavy atom. The molecule has 27 heavy (non-hydrogen) atoms. The largest absolute Gasteiger partial charge is 0.490 e. The lowest BCUT2D eigenvalue weighted by Crippen LogP contribution is -2.40. The van der Waals surface area contributed by atoms with E-state index in [1.54, 1.807) is 11.0 Å². The van der Waals surface area contributed by atoms with Crippen LogP contribution in [0.15, 0.2) is 72.8 Å². The van der Waals surface area contributed by atoms with Crippen molar-refractivity contribution in [3.63, 3.8) is 0 Å². The van der Waals surface area contributed by atoms with Gasteiger partial charge in [-0.05, 0) is 43.3 Å². The van der Waals surface area contributed by atoms with Crippen LogP contribution in [0.3, 0.4) is 0 Å². The Hall–Kier alpha value is -3.34. The highest BCUT2D eigenvalue weighted by Crippen LogP contribution is 2.27. The Labute approximate surface area is 158 Å². The molecule has 0 radical (unpaired) electrons. The lowest BCUT2D eigenvalue weighted by Gasteiger charge is -2.24. The number of carbonyl (C=O) groups excluding carboxylic acids is 1. The molecule has 136 valence electrons. The van der Waals surface area contributed by atoms with E-state index in [4.69, 9.17) is 9.47 Å². The number of amides is 1. The molecule has 3 aromatic rings. The monoisotopic (exact) mass is 360 g/mol. The maximum atomic E-state index is 13.1. The first-order chi connectivity index (χ1) is 13.2. The van der Waals surface area contributed by atoms with E-state index in [-0.39, 0.29) is 12.0 Å². The van der Waals surface area contributed by atoms with Gasteiger partial charge < -0.3 is 14.4 Å². The van der Waals surface area contributed by atoms with Gasteiger partial charge in [0.15, 0.2) is 6.10 Å². The molecule has 1 amide bonds. The summed E-state index contributed by atoms with van der Waals surface area (Å²) in [6, 6.07) is 22.8. The molecule has 0 saturated heterocycles. The van der Waals surface area contributed by atoms with Gasteiger partial charge in [0.1, 0.15) is 17.9 Å². The van der Waals surface area contributed by atoms with Crippen LogP contribution in [0.5, 0.6) is 11.6 Å². The summed E-state index contributed by atoms with van der Waals surface area (Å²) < 4.78 is 12.0. The van der Waals surface area contributed by atoms with Gasteiger partial charge in [0, 0.05) is 11.4 Å². The van der Waals surface area contributed by atoms with E-state index in [1.807, 2.05) is 73.7 Å². The smallest absolute Gasteiger partial charge is 0.263 e. The molecule has 0 fully saturated rings. The fourth-order valence-electron chi connectivity index (χ4n) is 3.04. The number of anilines is 1. The second kappa shape index (κ2) is 7.50. The van der Waals surface area contributed by atoms with Gasteiger partial charge in [-0.3, -0.25) is 4.79 Å². The van der Waals surface area contributed by atoms with E-state index in [2.05, 4.69) is 4.98 Å². The summed E-state index contributed by atoms with van der Waals surface area (Å²) in [4.78, 5) is 19.3. The average Bonchev–Trinajstić information content (AvgIpc) is 2.84. The Kier molecular flexibility index (Phi) is 4.75. The Morgan fingerprint density at radius 1 is 1.04 bits per heavy atom. The fraction of sp³-hybridized carbons (Fsp3) is 0.182. The van der Waals surface area contributed by atoms with Gasteiger partial charge in [0.2, 0.25) is 5.88 Å². The zero-order chi connectivity index (χ0) is 18.6. The number of hydrogen-bond acceptors (Lipinski definition) is 4. The lowest BCUT2D eigenvalue weighted by atomic mass is 10.2. The molecule has 0 bridgehead atoms. The number of para-hydroxylation sites is 2. The van der Waals surface area contributed by atoms with Crippen molar-refractivity contribution in [1.29, 1.82) is 0 Å². The van der Waals surface area contributed by atoms with Crippen LogP contribution in [0.1, 0.15) is 16.1 Å². The fourth-order valence-corrected chi connectivity index (χ4v) is 3.04. The van der Waals surface area contributed by atoms with E-state index >= 15 is 0 Å². The van der Waals surface area contributed by atoms with Gasteiger partial charge >= 0.3 is 0 Å². The van der Waals surface area contributed by atoms with Gasteiger partial charge in [-0.2, -0.15) is 0 Å². The third-order valence-corrected chi connectivity index (χ3v) is 4.39. The van der Waals surface area contributed by atoms with Gasteiger partial charge in [0.05, 0.1) is 6.54 Å². The summed E-state index contributed by atoms with van der Waals surface area (Å²) in [5, 5.41) is 0. The molecule has 2 aromatic carbocycles. The highest BCUT2D eigenvalue weighted by molar-refractivity contribution is 6.08. The first-order valence-corrected chi connectivity index (χ1v) is 8.90. The topological polar surface area (TPSA) is 51.7 Å². The number of rotatable bonds is 4. The number of hydrogen-bond donors (Lipinski definition) is 0. The van der Waals surface area contributed by atoms with Crippen LogP contribution >= 0.6 is 0 Å². The van der Waals surface area contributed by atoms with Gasteiger partial charge in [-0.1, -0.05) is 36.4 Å². The number of aromatic nitrogens is 1. The van der Waals surface area contributed by atoms with Gasteiger partial charge in [-0.25, -0.2) is 4.98 Å². The van der Waals surface area contributed by atoms with E-state index in [1.165, 1.54) is 0 Å². The predicted octanol–water partition coefficient (Wildman–Crippen LogP) is 3.88. The predicted molar refractivity (Wildman–Crippen MR) is 103 cm³/mol. The van der Waals surface area contributed by atoms with Crippen LogP contribution in [0, 0.1) is 6.92 Å². The van der Waals surface area contributed by atoms with Crippen molar-refractivity contribution >= 4 is 11.6 Å². The van der Waals surface area contributed by atoms with Crippen molar-refractivity contribution < 1.29 is 14.3 Å². The minimum atomic E-state index is -0.343. The van der Waals surface area contributed by atoms with Crippen molar-refractivity contribution in [3.05, 3.63) is 84.1 Å². The van der Waals surface area contributed by atoms with Crippen molar-refractivity contribution in [3.8, 4) is 11.6 Å². The first-order valence-electron chi connectivity index (χ1n) is 8.90. The molecule has 0 spiro atoms. The normalized spacial score (nSPS) is 16.3. The third kappa shape index (κ3) is 3.77. The molecule has 1 aliphatic rings. The molecule has 1 unspecified atom stereocenters. The SMILES string of the molecule is Cc1ccc2c(n1)OC(COc1ccccc1)CN(c1ccccc1)C2=O. The van der Waals surface area contributed by atoms with Crippen molar-refractivity contribution in [1.82, 2.24) is 4.98 Å². The minimum Gasteiger partial charge on any atom is -0.490 e. The number of carbonyl (C=O) groups is 1. The molecule has 5 heteroatoms. The summed E-state index contributed by atoms with van der Waals surface area (Å²) in [7, 11) is 0. The summed E-state index contributed by atoms with van der Waals surface area (Å²) in [6.07, 6.45) is -0.343. The lowest BCUT2D eigenvalue weighted by molar-refractivity contribution is 0.0980. The summed E-state index contributed by atoms with van der Waals surface area (Å²) in [5.74, 6) is 1.01. The van der Waals surface area contributed by atoms with E-state index in [0.717, 1.165) is 17.1 Å². The van der Waals surface area contributed by atoms with Crippen molar-refractivity contribution in [2.75, 3.05) is 18.1 Å². The van der Waals surface area contributed by atoms with Crippen molar-refractivity contribution in [2.24, 2.45) is 0 Å². The Bertz CT molecular complexity index is 929. The number of nitrogens with zero attached hydrogens (tertiary/aromatic N) is 2. The van der Waals surface area contributed by atoms with Crippen LogP contribution in [0.2, 0.25) is 0 Å². The molecule has 2 heterocycles. The molecule has 1 aliphatic heterocycles. The number of benzene rings is 2. The molecule has 1 atom stereocenters. The molecule has 0 aliphatic carbocycles. The molecular formula is C22H20N2O3. The summed E-state index contributed by atoms with van der Waals surface area (Å²) in [6.45, 7) is 2.57. The number of aryl methyl sites for hydroxylation is 1. The number of fused-ring (bicyclic) bond motifs is 1. The minimum absolute atomic E-state index is 0.120. The van der Waals surface area contributed by atoms with Crippen LogP contribution in [-0.2, 0) is 0 Å². The van der Waals surface area contributed by atoms with Crippen molar-refractivity contribution in [2.45, 2.75) is 13.0 Å². The van der Waals surface area contributed by atoms with E-state index in [9.17, 15) is 4.79 Å².